The summed E-state index contributed by atoms with van der Waals surface area (Å²) in [5.41, 5.74) is 8.69. The minimum absolute atomic E-state index is 0.619. The van der Waals surface area contributed by atoms with Crippen LogP contribution in [0.1, 0.15) is 18.4 Å². The van der Waals surface area contributed by atoms with Gasteiger partial charge in [0.05, 0.1) is 11.3 Å². The zero-order valence-electron chi connectivity index (χ0n) is 8.53. The summed E-state index contributed by atoms with van der Waals surface area (Å²) in [6.07, 6.45) is 2.72. The Morgan fingerprint density at radius 1 is 1.33 bits per heavy atom. The van der Waals surface area contributed by atoms with E-state index in [1.54, 1.807) is 6.07 Å². The van der Waals surface area contributed by atoms with E-state index in [0.717, 1.165) is 18.8 Å². The molecule has 1 saturated heterocycles. The Morgan fingerprint density at radius 2 is 2.07 bits per heavy atom. The number of nitrogens with zero attached hydrogens (tertiary/aromatic N) is 2. The Labute approximate surface area is 89.1 Å². The first-order chi connectivity index (χ1) is 7.22. The molecule has 2 fully saturated rings. The molecule has 1 aromatic rings. The van der Waals surface area contributed by atoms with Crippen molar-refractivity contribution in [3.05, 3.63) is 23.8 Å². The molecule has 3 rings (SSSR count). The van der Waals surface area contributed by atoms with Crippen LogP contribution in [-0.2, 0) is 0 Å². The van der Waals surface area contributed by atoms with Gasteiger partial charge in [-0.15, -0.1) is 0 Å². The molecule has 2 aliphatic rings. The second-order valence-electron chi connectivity index (χ2n) is 4.74. The van der Waals surface area contributed by atoms with Gasteiger partial charge in [-0.1, -0.05) is 0 Å². The van der Waals surface area contributed by atoms with Gasteiger partial charge in [-0.05, 0) is 31.0 Å². The Balaban J connectivity index is 1.89. The first-order valence-electron chi connectivity index (χ1n) is 5.27. The average Bonchev–Trinajstić information content (AvgIpc) is 2.95. The van der Waals surface area contributed by atoms with E-state index in [-0.39, 0.29) is 0 Å². The highest BCUT2D eigenvalue weighted by molar-refractivity contribution is 5.66. The van der Waals surface area contributed by atoms with Gasteiger partial charge in [0.2, 0.25) is 0 Å². The standard InChI is InChI=1S/C12H13N3/c13-6-9-5-10(14)1-2-11(9)15-7-12(8-15)3-4-12/h1-2,5H,3-4,7-8,14H2. The SMILES string of the molecule is N#Cc1cc(N)ccc1N1CC2(CC2)C1. The van der Waals surface area contributed by atoms with Gasteiger partial charge in [0.1, 0.15) is 6.07 Å². The van der Waals surface area contributed by atoms with Crippen molar-refractivity contribution in [2.24, 2.45) is 5.41 Å². The van der Waals surface area contributed by atoms with Crippen LogP contribution in [0, 0.1) is 16.7 Å². The van der Waals surface area contributed by atoms with Crippen LogP contribution in [0.5, 0.6) is 0 Å². The van der Waals surface area contributed by atoms with Crippen molar-refractivity contribution in [1.82, 2.24) is 0 Å². The minimum atomic E-state index is 0.619. The van der Waals surface area contributed by atoms with Gasteiger partial charge in [0.15, 0.2) is 0 Å². The summed E-state index contributed by atoms with van der Waals surface area (Å²) >= 11 is 0. The second kappa shape index (κ2) is 2.66. The van der Waals surface area contributed by atoms with E-state index < -0.39 is 0 Å². The molecule has 76 valence electrons. The summed E-state index contributed by atoms with van der Waals surface area (Å²) in [5.74, 6) is 0. The van der Waals surface area contributed by atoms with E-state index in [4.69, 9.17) is 11.0 Å². The van der Waals surface area contributed by atoms with Crippen LogP contribution in [0.15, 0.2) is 18.2 Å². The van der Waals surface area contributed by atoms with Crippen LogP contribution in [0.4, 0.5) is 11.4 Å². The number of nitrogen functional groups attached to an aromatic ring is 1. The van der Waals surface area contributed by atoms with Gasteiger partial charge in [-0.3, -0.25) is 0 Å². The van der Waals surface area contributed by atoms with Gasteiger partial charge in [0, 0.05) is 24.2 Å². The molecular weight excluding hydrogens is 186 g/mol. The van der Waals surface area contributed by atoms with Crippen molar-refractivity contribution < 1.29 is 0 Å². The summed E-state index contributed by atoms with van der Waals surface area (Å²) in [4.78, 5) is 2.28. The third-order valence-corrected chi connectivity index (χ3v) is 3.49. The molecule has 2 N–H and O–H groups in total. The summed E-state index contributed by atoms with van der Waals surface area (Å²) in [6.45, 7) is 2.23. The molecule has 1 saturated carbocycles. The van der Waals surface area contributed by atoms with Gasteiger partial charge < -0.3 is 10.6 Å². The first kappa shape index (κ1) is 8.60. The third-order valence-electron chi connectivity index (χ3n) is 3.49. The van der Waals surface area contributed by atoms with Crippen LogP contribution < -0.4 is 10.6 Å². The number of benzene rings is 1. The molecule has 1 heterocycles. The Hall–Kier alpha value is -1.69. The molecule has 1 aromatic carbocycles. The zero-order chi connectivity index (χ0) is 10.5. The Bertz CT molecular complexity index is 446. The van der Waals surface area contributed by atoms with E-state index in [2.05, 4.69) is 11.0 Å². The molecule has 0 aromatic heterocycles. The van der Waals surface area contributed by atoms with Crippen LogP contribution in [-0.4, -0.2) is 13.1 Å². The Morgan fingerprint density at radius 3 is 2.67 bits per heavy atom. The highest BCUT2D eigenvalue weighted by Gasteiger charge is 2.52. The van der Waals surface area contributed by atoms with Crippen LogP contribution in [0.2, 0.25) is 0 Å². The first-order valence-corrected chi connectivity index (χ1v) is 5.27. The molecule has 3 nitrogen and oxygen atoms in total. The van der Waals surface area contributed by atoms with E-state index in [1.807, 2.05) is 12.1 Å². The molecule has 1 spiro atoms. The number of rotatable bonds is 1. The van der Waals surface area contributed by atoms with Gasteiger partial charge in [-0.25, -0.2) is 0 Å². The molecule has 0 amide bonds. The van der Waals surface area contributed by atoms with E-state index >= 15 is 0 Å². The van der Waals surface area contributed by atoms with Gasteiger partial charge in [0.25, 0.3) is 0 Å². The maximum Gasteiger partial charge on any atom is 0.101 e. The highest BCUT2D eigenvalue weighted by Crippen LogP contribution is 2.54. The second-order valence-corrected chi connectivity index (χ2v) is 4.74. The lowest BCUT2D eigenvalue weighted by Crippen LogP contribution is -2.48. The molecule has 15 heavy (non-hydrogen) atoms. The third kappa shape index (κ3) is 1.25. The van der Waals surface area contributed by atoms with Crippen molar-refractivity contribution in [3.63, 3.8) is 0 Å². The molecular formula is C12H13N3. The molecule has 3 heteroatoms. The quantitative estimate of drug-likeness (QED) is 0.701. The van der Waals surface area contributed by atoms with Crippen molar-refractivity contribution in [2.75, 3.05) is 23.7 Å². The molecule has 1 aliphatic heterocycles. The normalized spacial score (nSPS) is 20.9. The predicted octanol–water partition coefficient (Wildman–Crippen LogP) is 1.74. The highest BCUT2D eigenvalue weighted by atomic mass is 15.2. The lowest BCUT2D eigenvalue weighted by molar-refractivity contribution is 0.387. The fourth-order valence-corrected chi connectivity index (χ4v) is 2.35. The van der Waals surface area contributed by atoms with Crippen molar-refractivity contribution in [1.29, 1.82) is 5.26 Å². The van der Waals surface area contributed by atoms with Crippen molar-refractivity contribution in [3.8, 4) is 6.07 Å². The van der Waals surface area contributed by atoms with Crippen LogP contribution in [0.25, 0.3) is 0 Å². The minimum Gasteiger partial charge on any atom is -0.399 e. The van der Waals surface area contributed by atoms with Crippen LogP contribution in [0.3, 0.4) is 0 Å². The maximum atomic E-state index is 9.02. The van der Waals surface area contributed by atoms with E-state index in [0.29, 0.717) is 16.7 Å². The molecule has 0 atom stereocenters. The number of hydrogen-bond acceptors (Lipinski definition) is 3. The molecule has 1 aliphatic carbocycles. The average molecular weight is 199 g/mol. The smallest absolute Gasteiger partial charge is 0.101 e. The summed E-state index contributed by atoms with van der Waals surface area (Å²) in [5, 5.41) is 9.02. The number of nitriles is 1. The largest absolute Gasteiger partial charge is 0.399 e. The fourth-order valence-electron chi connectivity index (χ4n) is 2.35. The predicted molar refractivity (Wildman–Crippen MR) is 59.4 cm³/mol. The number of nitrogens with two attached hydrogens (primary N) is 1. The number of hydrogen-bond donors (Lipinski definition) is 1. The van der Waals surface area contributed by atoms with Crippen LogP contribution >= 0.6 is 0 Å². The monoisotopic (exact) mass is 199 g/mol. The van der Waals surface area contributed by atoms with Gasteiger partial charge >= 0.3 is 0 Å². The molecule has 0 bridgehead atoms. The zero-order valence-corrected chi connectivity index (χ0v) is 8.53. The van der Waals surface area contributed by atoms with E-state index in [1.165, 1.54) is 12.8 Å². The lowest BCUT2D eigenvalue weighted by Gasteiger charge is -2.42. The van der Waals surface area contributed by atoms with Gasteiger partial charge in [-0.2, -0.15) is 5.26 Å². The van der Waals surface area contributed by atoms with Crippen molar-refractivity contribution >= 4 is 11.4 Å². The maximum absolute atomic E-state index is 9.02. The Kier molecular flexibility index (Phi) is 1.53. The summed E-state index contributed by atoms with van der Waals surface area (Å²) < 4.78 is 0. The van der Waals surface area contributed by atoms with Crippen molar-refractivity contribution in [2.45, 2.75) is 12.8 Å². The number of anilines is 2. The topological polar surface area (TPSA) is 53.1 Å². The molecule has 0 radical (unpaired) electrons. The summed E-state index contributed by atoms with van der Waals surface area (Å²) in [7, 11) is 0. The summed E-state index contributed by atoms with van der Waals surface area (Å²) in [6, 6.07) is 7.80. The fraction of sp³-hybridized carbons (Fsp3) is 0.417. The molecule has 0 unspecified atom stereocenters. The van der Waals surface area contributed by atoms with E-state index in [9.17, 15) is 0 Å². The lowest BCUT2D eigenvalue weighted by atomic mass is 9.95.